The zero-order valence-electron chi connectivity index (χ0n) is 17.1. The summed E-state index contributed by atoms with van der Waals surface area (Å²) in [6.45, 7) is 1.14. The lowest BCUT2D eigenvalue weighted by Crippen LogP contribution is -2.47. The van der Waals surface area contributed by atoms with Crippen molar-refractivity contribution >= 4 is 11.8 Å². The third-order valence-electron chi connectivity index (χ3n) is 5.48. The van der Waals surface area contributed by atoms with E-state index in [4.69, 9.17) is 5.73 Å². The Morgan fingerprint density at radius 1 is 1.33 bits per heavy atom. The zero-order valence-corrected chi connectivity index (χ0v) is 17.1. The van der Waals surface area contributed by atoms with Gasteiger partial charge in [-0.1, -0.05) is 18.2 Å². The van der Waals surface area contributed by atoms with Crippen LogP contribution in [0.2, 0.25) is 0 Å². The molecule has 4 N–H and O–H groups in total. The molecule has 8 heteroatoms. The number of nitrogens with zero attached hydrogens (tertiary/aromatic N) is 2. The summed E-state index contributed by atoms with van der Waals surface area (Å²) in [5.74, 6) is -0.563. The zero-order chi connectivity index (χ0) is 21.3. The number of amides is 2. The molecule has 2 amide bonds. The number of unbranched alkanes of at least 4 members (excludes halogenated alkanes) is 1. The molecule has 0 bridgehead atoms. The van der Waals surface area contributed by atoms with Crippen molar-refractivity contribution in [3.8, 4) is 0 Å². The number of carbonyl (C=O) groups is 2. The number of aromatic nitrogens is 2. The largest absolute Gasteiger partial charge is 0.354 e. The first-order valence-corrected chi connectivity index (χ1v) is 10.6. The average molecular weight is 416 g/mol. The number of benzene rings is 1. The molecule has 1 aromatic carbocycles. The minimum atomic E-state index is -0.485. The van der Waals surface area contributed by atoms with Gasteiger partial charge in [-0.3, -0.25) is 9.59 Å². The maximum absolute atomic E-state index is 13.8. The fraction of sp³-hybridized carbons (Fsp3) is 0.500. The standard InChI is InChI=1S/C22H30FN5O2/c23-19-8-2-1-6-16(19)12-17(24)13-21(29)28-11-5-9-20(28)22(30)26-10-4-3-7-18-14-25-15-27-18/h1-2,6,8,14-15,17,20H,3-5,7,9-13,24H2,(H,25,27)(H,26,30)/t17?,20-/m0/s1. The van der Waals surface area contributed by atoms with Gasteiger partial charge >= 0.3 is 0 Å². The van der Waals surface area contributed by atoms with E-state index in [1.54, 1.807) is 35.6 Å². The molecule has 3 rings (SSSR count). The average Bonchev–Trinajstić information content (AvgIpc) is 3.41. The van der Waals surface area contributed by atoms with Crippen LogP contribution in [0, 0.1) is 5.82 Å². The lowest BCUT2D eigenvalue weighted by Gasteiger charge is -2.25. The van der Waals surface area contributed by atoms with E-state index < -0.39 is 12.1 Å². The lowest BCUT2D eigenvalue weighted by molar-refractivity contribution is -0.138. The predicted octanol–water partition coefficient (Wildman–Crippen LogP) is 1.94. The van der Waals surface area contributed by atoms with E-state index in [0.717, 1.165) is 31.4 Å². The number of aryl methyl sites for hydroxylation is 1. The first-order chi connectivity index (χ1) is 14.5. The maximum atomic E-state index is 13.8. The molecule has 2 atom stereocenters. The summed E-state index contributed by atoms with van der Waals surface area (Å²) < 4.78 is 13.8. The van der Waals surface area contributed by atoms with Gasteiger partial charge in [0.1, 0.15) is 11.9 Å². The molecule has 1 unspecified atom stereocenters. The minimum absolute atomic E-state index is 0.0995. The predicted molar refractivity (Wildman–Crippen MR) is 112 cm³/mol. The molecule has 0 saturated carbocycles. The Balaban J connectivity index is 1.41. The number of aromatic amines is 1. The second-order valence-electron chi connectivity index (χ2n) is 7.83. The van der Waals surface area contributed by atoms with Gasteiger partial charge in [-0.15, -0.1) is 0 Å². The number of halogens is 1. The van der Waals surface area contributed by atoms with Gasteiger partial charge in [-0.25, -0.2) is 9.37 Å². The van der Waals surface area contributed by atoms with E-state index in [1.807, 2.05) is 0 Å². The van der Waals surface area contributed by atoms with Crippen molar-refractivity contribution in [2.24, 2.45) is 5.73 Å². The molecule has 2 heterocycles. The monoisotopic (exact) mass is 415 g/mol. The Labute approximate surface area is 176 Å². The molecule has 1 aromatic heterocycles. The normalized spacial score (nSPS) is 17.1. The Morgan fingerprint density at radius 3 is 2.93 bits per heavy atom. The third kappa shape index (κ3) is 6.13. The molecule has 0 spiro atoms. The number of nitrogens with one attached hydrogen (secondary N) is 2. The van der Waals surface area contributed by atoms with Crippen LogP contribution in [0.5, 0.6) is 0 Å². The summed E-state index contributed by atoms with van der Waals surface area (Å²) >= 11 is 0. The van der Waals surface area contributed by atoms with E-state index in [-0.39, 0.29) is 24.1 Å². The lowest BCUT2D eigenvalue weighted by atomic mass is 10.0. The van der Waals surface area contributed by atoms with Gasteiger partial charge < -0.3 is 20.9 Å². The van der Waals surface area contributed by atoms with Gasteiger partial charge in [0.2, 0.25) is 11.8 Å². The third-order valence-corrected chi connectivity index (χ3v) is 5.48. The van der Waals surface area contributed by atoms with Crippen molar-refractivity contribution in [2.75, 3.05) is 13.1 Å². The van der Waals surface area contributed by atoms with Gasteiger partial charge in [-0.2, -0.15) is 0 Å². The van der Waals surface area contributed by atoms with Crippen molar-refractivity contribution < 1.29 is 14.0 Å². The number of imidazole rings is 1. The van der Waals surface area contributed by atoms with Crippen LogP contribution in [-0.4, -0.2) is 51.9 Å². The van der Waals surface area contributed by atoms with Crippen LogP contribution in [0.1, 0.15) is 43.4 Å². The maximum Gasteiger partial charge on any atom is 0.242 e. The fourth-order valence-corrected chi connectivity index (χ4v) is 3.89. The minimum Gasteiger partial charge on any atom is -0.354 e. The number of likely N-dealkylation sites (tertiary alicyclic amines) is 1. The van der Waals surface area contributed by atoms with Gasteiger partial charge in [-0.05, 0) is 50.2 Å². The molecule has 1 fully saturated rings. The van der Waals surface area contributed by atoms with E-state index in [9.17, 15) is 14.0 Å². The molecule has 0 aliphatic carbocycles. The van der Waals surface area contributed by atoms with E-state index in [1.165, 1.54) is 6.07 Å². The summed E-state index contributed by atoms with van der Waals surface area (Å²) in [5, 5.41) is 2.95. The molecule has 1 aliphatic heterocycles. The van der Waals surface area contributed by atoms with Gasteiger partial charge in [0, 0.05) is 37.4 Å². The Morgan fingerprint density at radius 2 is 2.17 bits per heavy atom. The van der Waals surface area contributed by atoms with Crippen LogP contribution in [0.4, 0.5) is 4.39 Å². The van der Waals surface area contributed by atoms with Crippen molar-refractivity contribution in [1.82, 2.24) is 20.2 Å². The van der Waals surface area contributed by atoms with Gasteiger partial charge in [0.15, 0.2) is 0 Å². The van der Waals surface area contributed by atoms with Crippen molar-refractivity contribution in [3.05, 3.63) is 53.9 Å². The summed E-state index contributed by atoms with van der Waals surface area (Å²) in [5.41, 5.74) is 7.68. The summed E-state index contributed by atoms with van der Waals surface area (Å²) in [6, 6.07) is 5.52. The van der Waals surface area contributed by atoms with Crippen molar-refractivity contribution in [2.45, 2.75) is 57.0 Å². The molecule has 0 radical (unpaired) electrons. The van der Waals surface area contributed by atoms with Crippen LogP contribution in [-0.2, 0) is 22.4 Å². The Bertz CT molecular complexity index is 827. The summed E-state index contributed by atoms with van der Waals surface area (Å²) in [7, 11) is 0. The Kier molecular flexibility index (Phi) is 7.96. The van der Waals surface area contributed by atoms with Gasteiger partial charge in [0.05, 0.1) is 6.33 Å². The molecule has 1 saturated heterocycles. The first kappa shape index (κ1) is 22.0. The quantitative estimate of drug-likeness (QED) is 0.516. The van der Waals surface area contributed by atoms with Crippen molar-refractivity contribution in [1.29, 1.82) is 0 Å². The smallest absolute Gasteiger partial charge is 0.242 e. The van der Waals surface area contributed by atoms with Crippen LogP contribution < -0.4 is 11.1 Å². The molecular weight excluding hydrogens is 385 g/mol. The van der Waals surface area contributed by atoms with Crippen LogP contribution in [0.15, 0.2) is 36.8 Å². The first-order valence-electron chi connectivity index (χ1n) is 10.6. The summed E-state index contributed by atoms with van der Waals surface area (Å²) in [6.07, 6.45) is 8.01. The topological polar surface area (TPSA) is 104 Å². The highest BCUT2D eigenvalue weighted by Crippen LogP contribution is 2.20. The highest BCUT2D eigenvalue weighted by molar-refractivity contribution is 5.88. The SMILES string of the molecule is NC(CC(=O)N1CCC[C@H]1C(=O)NCCCCc1cnc[nH]1)Cc1ccccc1F. The highest BCUT2D eigenvalue weighted by Gasteiger charge is 2.34. The number of hydrogen-bond donors (Lipinski definition) is 3. The number of carbonyl (C=O) groups excluding carboxylic acids is 2. The molecule has 30 heavy (non-hydrogen) atoms. The van der Waals surface area contributed by atoms with Crippen molar-refractivity contribution in [3.63, 3.8) is 0 Å². The van der Waals surface area contributed by atoms with E-state index >= 15 is 0 Å². The second kappa shape index (κ2) is 10.9. The molecule has 7 nitrogen and oxygen atoms in total. The molecular formula is C22H30FN5O2. The van der Waals surface area contributed by atoms with Crippen LogP contribution >= 0.6 is 0 Å². The van der Waals surface area contributed by atoms with E-state index in [2.05, 4.69) is 15.3 Å². The Hall–Kier alpha value is -2.74. The number of nitrogens with two attached hydrogens (primary N) is 1. The molecule has 162 valence electrons. The second-order valence-corrected chi connectivity index (χ2v) is 7.83. The summed E-state index contributed by atoms with van der Waals surface area (Å²) in [4.78, 5) is 34.0. The number of hydrogen-bond acceptors (Lipinski definition) is 4. The molecule has 2 aromatic rings. The number of H-pyrrole nitrogens is 1. The van der Waals surface area contributed by atoms with Crippen LogP contribution in [0.25, 0.3) is 0 Å². The molecule has 1 aliphatic rings. The van der Waals surface area contributed by atoms with Gasteiger partial charge in [0.25, 0.3) is 0 Å². The fourth-order valence-electron chi connectivity index (χ4n) is 3.89. The van der Waals surface area contributed by atoms with E-state index in [0.29, 0.717) is 31.5 Å². The van der Waals surface area contributed by atoms with Crippen LogP contribution in [0.3, 0.4) is 0 Å². The number of rotatable bonds is 10. The highest BCUT2D eigenvalue weighted by atomic mass is 19.1.